The van der Waals surface area contributed by atoms with E-state index < -0.39 is 17.3 Å². The van der Waals surface area contributed by atoms with Crippen molar-refractivity contribution >= 4 is 28.4 Å². The summed E-state index contributed by atoms with van der Waals surface area (Å²) in [4.78, 5) is 34.3. The maximum atomic E-state index is 13.9. The predicted molar refractivity (Wildman–Crippen MR) is 140 cm³/mol. The number of quaternary nitrogens is 1. The Labute approximate surface area is 219 Å². The normalized spacial score (nSPS) is 19.9. The predicted octanol–water partition coefficient (Wildman–Crippen LogP) is 2.51. The number of nitrogens with one attached hydrogen (secondary N) is 2. The number of benzene rings is 3. The Balaban J connectivity index is 1.37. The summed E-state index contributed by atoms with van der Waals surface area (Å²) in [6.07, 6.45) is 1.02. The van der Waals surface area contributed by atoms with Crippen LogP contribution in [-0.2, 0) is 22.4 Å². The summed E-state index contributed by atoms with van der Waals surface area (Å²) < 4.78 is 5.22. The fourth-order valence-corrected chi connectivity index (χ4v) is 5.76. The van der Waals surface area contributed by atoms with Crippen molar-refractivity contribution in [2.75, 3.05) is 20.2 Å². The van der Waals surface area contributed by atoms with Crippen LogP contribution in [-0.4, -0.2) is 58.0 Å². The van der Waals surface area contributed by atoms with Gasteiger partial charge in [-0.1, -0.05) is 42.5 Å². The number of rotatable bonds is 6. The number of piperazine rings is 1. The van der Waals surface area contributed by atoms with Crippen molar-refractivity contribution in [2.24, 2.45) is 0 Å². The monoisotopic (exact) mass is 512 g/mol. The Morgan fingerprint density at radius 3 is 2.63 bits per heavy atom. The van der Waals surface area contributed by atoms with Crippen LogP contribution in [0.1, 0.15) is 28.4 Å². The number of methoxy groups -OCH3 is 1. The molecule has 1 saturated heterocycles. The fraction of sp³-hybridized carbons (Fsp3) is 0.241. The lowest BCUT2D eigenvalue weighted by Crippen LogP contribution is -2.99. The number of amides is 2. The highest BCUT2D eigenvalue weighted by molar-refractivity contribution is 5.97. The lowest BCUT2D eigenvalue weighted by Gasteiger charge is -2.47. The van der Waals surface area contributed by atoms with Gasteiger partial charge in [0.15, 0.2) is 5.69 Å². The minimum Gasteiger partial charge on any atom is -0.595 e. The second-order valence-corrected chi connectivity index (χ2v) is 9.77. The van der Waals surface area contributed by atoms with Crippen LogP contribution in [0.3, 0.4) is 0 Å². The fourth-order valence-electron chi connectivity index (χ4n) is 5.76. The molecule has 38 heavy (non-hydrogen) atoms. The topological polar surface area (TPSA) is 113 Å². The second kappa shape index (κ2) is 9.60. The van der Waals surface area contributed by atoms with Gasteiger partial charge in [-0.3, -0.25) is 9.59 Å². The summed E-state index contributed by atoms with van der Waals surface area (Å²) in [5, 5.41) is 21.3. The molecule has 3 atom stereocenters. The zero-order valence-corrected chi connectivity index (χ0v) is 20.9. The molecule has 9 heteroatoms. The average molecular weight is 513 g/mol. The molecule has 1 aromatic heterocycles. The third-order valence-electron chi connectivity index (χ3n) is 7.62. The van der Waals surface area contributed by atoms with E-state index in [1.165, 1.54) is 6.07 Å². The van der Waals surface area contributed by atoms with Crippen LogP contribution in [0.4, 0.5) is 5.69 Å². The average Bonchev–Trinajstić information content (AvgIpc) is 3.31. The van der Waals surface area contributed by atoms with Gasteiger partial charge in [0.05, 0.1) is 19.7 Å². The van der Waals surface area contributed by atoms with E-state index in [1.807, 2.05) is 54.6 Å². The summed E-state index contributed by atoms with van der Waals surface area (Å²) in [7, 11) is 1.62. The molecule has 2 aliphatic rings. The molecule has 0 bridgehead atoms. The number of hydrogen-bond donors (Lipinski definition) is 3. The van der Waals surface area contributed by atoms with Crippen molar-refractivity contribution in [1.82, 2.24) is 14.8 Å². The van der Waals surface area contributed by atoms with Gasteiger partial charge >= 0.3 is 0 Å². The van der Waals surface area contributed by atoms with Crippen molar-refractivity contribution in [2.45, 2.75) is 24.9 Å². The molecule has 194 valence electrons. The molecule has 2 unspecified atom stereocenters. The molecule has 0 aliphatic carbocycles. The van der Waals surface area contributed by atoms with E-state index in [-0.39, 0.29) is 24.0 Å². The van der Waals surface area contributed by atoms with E-state index in [2.05, 4.69) is 4.98 Å². The van der Waals surface area contributed by atoms with Crippen LogP contribution in [0.15, 0.2) is 72.8 Å². The quantitative estimate of drug-likeness (QED) is 0.344. The Bertz CT molecular complexity index is 1510. The summed E-state index contributed by atoms with van der Waals surface area (Å²) in [6.45, 7) is 0.414. The third-order valence-corrected chi connectivity index (χ3v) is 7.62. The molecule has 0 radical (unpaired) electrons. The van der Waals surface area contributed by atoms with Crippen molar-refractivity contribution in [3.05, 3.63) is 100 Å². The maximum Gasteiger partial charge on any atom is 0.246 e. The zero-order chi connectivity index (χ0) is 26.4. The number of hydrogen-bond acceptors (Lipinski definition) is 5. The number of nitrogens with zero attached hydrogens (tertiary/aromatic N) is 2. The minimum atomic E-state index is -1.04. The first-order valence-corrected chi connectivity index (χ1v) is 12.6. The molecule has 3 heterocycles. The second-order valence-electron chi connectivity index (χ2n) is 9.77. The molecular weight excluding hydrogens is 484 g/mol. The van der Waals surface area contributed by atoms with E-state index in [9.17, 15) is 20.0 Å². The van der Waals surface area contributed by atoms with E-state index in [4.69, 9.17) is 4.74 Å². The summed E-state index contributed by atoms with van der Waals surface area (Å²) in [5.41, 5.74) is 4.60. The van der Waals surface area contributed by atoms with Gasteiger partial charge in [0.1, 0.15) is 11.8 Å². The molecule has 9 nitrogen and oxygen atoms in total. The molecule has 1 fully saturated rings. The number of aromatic amines is 1. The lowest BCUT2D eigenvalue weighted by atomic mass is 9.86. The van der Waals surface area contributed by atoms with Crippen LogP contribution in [0.2, 0.25) is 0 Å². The number of H-pyrrole nitrogens is 1. The van der Waals surface area contributed by atoms with Gasteiger partial charge in [0.25, 0.3) is 0 Å². The molecule has 2 aliphatic heterocycles. The number of ether oxygens (including phenoxy) is 1. The summed E-state index contributed by atoms with van der Waals surface area (Å²) in [6, 6.07) is 21.0. The van der Waals surface area contributed by atoms with Gasteiger partial charge in [-0.25, -0.2) is 5.21 Å². The van der Waals surface area contributed by atoms with E-state index >= 15 is 0 Å². The van der Waals surface area contributed by atoms with Crippen molar-refractivity contribution in [1.29, 1.82) is 0 Å². The molecule has 2 amide bonds. The van der Waals surface area contributed by atoms with E-state index in [0.717, 1.165) is 33.5 Å². The van der Waals surface area contributed by atoms with Crippen LogP contribution in [0, 0.1) is 5.21 Å². The number of carbonyl (C=O) groups excluding carboxylic acids is 2. The minimum absolute atomic E-state index is 0.0177. The first-order valence-electron chi connectivity index (χ1n) is 12.6. The van der Waals surface area contributed by atoms with Gasteiger partial charge in [-0.15, -0.1) is 0 Å². The first kappa shape index (κ1) is 24.2. The molecule has 0 spiro atoms. The summed E-state index contributed by atoms with van der Waals surface area (Å²) >= 11 is 0. The Morgan fingerprint density at radius 2 is 1.87 bits per heavy atom. The van der Waals surface area contributed by atoms with E-state index in [0.29, 0.717) is 24.9 Å². The molecule has 6 rings (SSSR count). The number of aromatic nitrogens is 1. The van der Waals surface area contributed by atoms with Crippen LogP contribution >= 0.6 is 0 Å². The third kappa shape index (κ3) is 4.10. The zero-order valence-electron chi connectivity index (χ0n) is 20.9. The van der Waals surface area contributed by atoms with Crippen molar-refractivity contribution in [3.8, 4) is 5.75 Å². The molecule has 4 aromatic rings. The number of fused-ring (bicyclic) bond motifs is 4. The van der Waals surface area contributed by atoms with Crippen LogP contribution < -0.4 is 9.96 Å². The van der Waals surface area contributed by atoms with Gasteiger partial charge in [-0.2, -0.15) is 5.23 Å². The molecule has 3 aromatic carbocycles. The van der Waals surface area contributed by atoms with Gasteiger partial charge < -0.3 is 24.7 Å². The number of para-hydroxylation sites is 1. The van der Waals surface area contributed by atoms with Gasteiger partial charge in [-0.05, 0) is 41.3 Å². The lowest BCUT2D eigenvalue weighted by molar-refractivity contribution is -0.991. The molecular formula is C29H28N4O5. The van der Waals surface area contributed by atoms with Crippen LogP contribution in [0.5, 0.6) is 5.75 Å². The van der Waals surface area contributed by atoms with Crippen molar-refractivity contribution < 1.29 is 24.8 Å². The standard InChI is InChI=1S/C29H28N4O5/c1-38-21-11-9-18(10-12-21)13-14-31-17-26(34)32-25(29(31)35)16-23-22-7-2-3-8-24(22)30-27(23)28(32)19-5-4-6-20(15-19)33(36)37/h2-12,15,25,28,30,33,36H,13-14,16-17H2,1H3/t25-,28?/m0/s1. The molecule has 3 N–H and O–H groups in total. The maximum absolute atomic E-state index is 13.9. The van der Waals surface area contributed by atoms with E-state index in [1.54, 1.807) is 29.0 Å². The first-order chi connectivity index (χ1) is 18.4. The molecule has 0 saturated carbocycles. The highest BCUT2D eigenvalue weighted by Gasteiger charge is 2.48. The highest BCUT2D eigenvalue weighted by Crippen LogP contribution is 2.42. The highest BCUT2D eigenvalue weighted by atomic mass is 16.8. The Hall–Kier alpha value is -4.18. The van der Waals surface area contributed by atoms with Crippen molar-refractivity contribution in [3.63, 3.8) is 0 Å². The van der Waals surface area contributed by atoms with Gasteiger partial charge in [0.2, 0.25) is 11.8 Å². The smallest absolute Gasteiger partial charge is 0.246 e. The van der Waals surface area contributed by atoms with Gasteiger partial charge in [0, 0.05) is 41.7 Å². The number of carbonyl (C=O) groups is 2. The Kier molecular flexibility index (Phi) is 6.11. The SMILES string of the molecule is COc1ccc(CCN2CC(=O)N3C(c4cccc([NH+]([O-])O)c4)c4[nH]c5ccccc5c4C[C@H]3C2=O)cc1. The Morgan fingerprint density at radius 1 is 1.08 bits per heavy atom. The van der Waals surface area contributed by atoms with Crippen LogP contribution in [0.25, 0.3) is 10.9 Å². The summed E-state index contributed by atoms with van der Waals surface area (Å²) in [5.74, 6) is 0.524. The largest absolute Gasteiger partial charge is 0.595 e.